The topological polar surface area (TPSA) is 90.7 Å². The van der Waals surface area contributed by atoms with Gasteiger partial charge in [0.2, 0.25) is 0 Å². The summed E-state index contributed by atoms with van der Waals surface area (Å²) in [5.41, 5.74) is 3.05. The normalized spacial score (nSPS) is 21.5. The number of H-pyrrole nitrogens is 1. The predicted molar refractivity (Wildman–Crippen MR) is 120 cm³/mol. The summed E-state index contributed by atoms with van der Waals surface area (Å²) in [7, 11) is 0. The summed E-state index contributed by atoms with van der Waals surface area (Å²) in [4.78, 5) is 12.1. The van der Waals surface area contributed by atoms with Crippen LogP contribution in [0.4, 0.5) is 5.82 Å². The zero-order valence-corrected chi connectivity index (χ0v) is 18.0. The van der Waals surface area contributed by atoms with Gasteiger partial charge in [-0.1, -0.05) is 25.7 Å². The van der Waals surface area contributed by atoms with Crippen molar-refractivity contribution >= 4 is 16.7 Å². The molecule has 5 rings (SSSR count). The molecule has 7 heteroatoms. The van der Waals surface area contributed by atoms with Crippen LogP contribution >= 0.6 is 0 Å². The number of ether oxygens (including phenoxy) is 1. The van der Waals surface area contributed by atoms with E-state index >= 15 is 0 Å². The molecule has 1 saturated carbocycles. The van der Waals surface area contributed by atoms with Gasteiger partial charge in [-0.15, -0.1) is 0 Å². The average molecular weight is 417 g/mol. The summed E-state index contributed by atoms with van der Waals surface area (Å²) in [6.07, 6.45) is 9.89. The SMILES string of the molecule is C[C@@H]1COCCN1c1cc(C2(C#N)CCCCCC2)c2ccnc(-c3ccn[nH]3)c2n1. The molecule has 0 spiro atoms. The van der Waals surface area contributed by atoms with E-state index in [9.17, 15) is 5.26 Å². The number of hydrogen-bond acceptors (Lipinski definition) is 6. The highest BCUT2D eigenvalue weighted by molar-refractivity contribution is 5.94. The first-order valence-corrected chi connectivity index (χ1v) is 11.3. The van der Waals surface area contributed by atoms with Gasteiger partial charge in [0.05, 0.1) is 36.4 Å². The van der Waals surface area contributed by atoms with Gasteiger partial charge in [0.15, 0.2) is 0 Å². The standard InChI is InChI=1S/C24H28N6O/c1-17-15-31-13-12-30(17)21-14-19(24(16-25)8-4-2-3-5-9-24)18-6-10-26-23(22(18)28-21)20-7-11-27-29-20/h6-7,10-11,14,17H,2-5,8-9,12-13,15H2,1H3,(H,27,29)/t17-/m1/s1. The summed E-state index contributed by atoms with van der Waals surface area (Å²) in [6.45, 7) is 4.32. The first kappa shape index (κ1) is 20.0. The highest BCUT2D eigenvalue weighted by Crippen LogP contribution is 2.43. The maximum absolute atomic E-state index is 10.5. The number of pyridine rings is 2. The molecule has 160 valence electrons. The Bertz CT molecular complexity index is 1100. The van der Waals surface area contributed by atoms with E-state index < -0.39 is 5.41 Å². The fraction of sp³-hybridized carbons (Fsp3) is 0.500. The largest absolute Gasteiger partial charge is 0.377 e. The number of nitrogens with zero attached hydrogens (tertiary/aromatic N) is 5. The minimum Gasteiger partial charge on any atom is -0.377 e. The van der Waals surface area contributed by atoms with Crippen molar-refractivity contribution in [2.75, 3.05) is 24.7 Å². The molecule has 1 aliphatic carbocycles. The molecule has 0 bridgehead atoms. The first-order chi connectivity index (χ1) is 15.2. The Morgan fingerprint density at radius 2 is 2.03 bits per heavy atom. The van der Waals surface area contributed by atoms with Crippen molar-refractivity contribution in [3.8, 4) is 17.5 Å². The smallest absolute Gasteiger partial charge is 0.130 e. The molecule has 1 saturated heterocycles. The van der Waals surface area contributed by atoms with Crippen molar-refractivity contribution in [3.63, 3.8) is 0 Å². The Labute approximate surface area is 182 Å². The minimum atomic E-state index is -0.491. The van der Waals surface area contributed by atoms with Gasteiger partial charge in [0.25, 0.3) is 0 Å². The molecule has 1 atom stereocenters. The maximum Gasteiger partial charge on any atom is 0.130 e. The Hall–Kier alpha value is -2.98. The number of anilines is 1. The van der Waals surface area contributed by atoms with Crippen LogP contribution in [0.1, 0.15) is 51.0 Å². The van der Waals surface area contributed by atoms with Crippen LogP contribution in [0.25, 0.3) is 22.3 Å². The van der Waals surface area contributed by atoms with E-state index in [4.69, 9.17) is 9.72 Å². The molecule has 1 N–H and O–H groups in total. The number of hydrogen-bond donors (Lipinski definition) is 1. The molecule has 31 heavy (non-hydrogen) atoms. The summed E-state index contributed by atoms with van der Waals surface area (Å²) in [5.74, 6) is 0.908. The second-order valence-corrected chi connectivity index (χ2v) is 8.78. The number of fused-ring (bicyclic) bond motifs is 1. The van der Waals surface area contributed by atoms with Crippen molar-refractivity contribution < 1.29 is 4.74 Å². The van der Waals surface area contributed by atoms with E-state index in [0.717, 1.165) is 65.9 Å². The van der Waals surface area contributed by atoms with Gasteiger partial charge in [-0.2, -0.15) is 10.4 Å². The van der Waals surface area contributed by atoms with Crippen LogP contribution in [0.15, 0.2) is 30.6 Å². The number of nitrogens with one attached hydrogen (secondary N) is 1. The fourth-order valence-corrected chi connectivity index (χ4v) is 5.11. The molecule has 0 radical (unpaired) electrons. The lowest BCUT2D eigenvalue weighted by molar-refractivity contribution is 0.0985. The van der Waals surface area contributed by atoms with Crippen molar-refractivity contribution in [3.05, 3.63) is 36.2 Å². The summed E-state index contributed by atoms with van der Waals surface area (Å²) in [6, 6.07) is 9.09. The van der Waals surface area contributed by atoms with Crippen molar-refractivity contribution in [2.45, 2.75) is 56.9 Å². The number of rotatable bonds is 3. The molecular formula is C24H28N6O. The summed E-state index contributed by atoms with van der Waals surface area (Å²) in [5, 5.41) is 18.6. The molecular weight excluding hydrogens is 388 g/mol. The van der Waals surface area contributed by atoms with Crippen molar-refractivity contribution in [1.29, 1.82) is 5.26 Å². The lowest BCUT2D eigenvalue weighted by atomic mass is 9.74. The lowest BCUT2D eigenvalue weighted by Crippen LogP contribution is -2.44. The quantitative estimate of drug-likeness (QED) is 0.638. The van der Waals surface area contributed by atoms with Gasteiger partial charge in [0.1, 0.15) is 17.0 Å². The summed E-state index contributed by atoms with van der Waals surface area (Å²) < 4.78 is 5.66. The number of aromatic nitrogens is 4. The zero-order chi connectivity index (χ0) is 21.3. The minimum absolute atomic E-state index is 0.228. The molecule has 3 aromatic heterocycles. The second kappa shape index (κ2) is 8.27. The van der Waals surface area contributed by atoms with Crippen LogP contribution in [-0.2, 0) is 10.2 Å². The molecule has 0 aromatic carbocycles. The van der Waals surface area contributed by atoms with E-state index in [-0.39, 0.29) is 6.04 Å². The predicted octanol–water partition coefficient (Wildman–Crippen LogP) is 4.36. The van der Waals surface area contributed by atoms with Crippen LogP contribution in [0.5, 0.6) is 0 Å². The maximum atomic E-state index is 10.5. The molecule has 1 aliphatic heterocycles. The van der Waals surface area contributed by atoms with Crippen molar-refractivity contribution in [2.24, 2.45) is 0 Å². The lowest BCUT2D eigenvalue weighted by Gasteiger charge is -2.36. The van der Waals surface area contributed by atoms with Gasteiger partial charge in [-0.25, -0.2) is 4.98 Å². The molecule has 0 unspecified atom stereocenters. The third-order valence-corrected chi connectivity index (χ3v) is 6.82. The third kappa shape index (κ3) is 3.55. The molecule has 2 aliphatic rings. The molecule has 3 aromatic rings. The third-order valence-electron chi connectivity index (χ3n) is 6.82. The zero-order valence-electron chi connectivity index (χ0n) is 18.0. The van der Waals surface area contributed by atoms with Gasteiger partial charge in [-0.05, 0) is 43.5 Å². The Morgan fingerprint density at radius 3 is 2.74 bits per heavy atom. The van der Waals surface area contributed by atoms with Gasteiger partial charge in [0, 0.05) is 24.3 Å². The second-order valence-electron chi connectivity index (χ2n) is 8.78. The highest BCUT2D eigenvalue weighted by atomic mass is 16.5. The Kier molecular flexibility index (Phi) is 5.33. The van der Waals surface area contributed by atoms with E-state index in [1.807, 2.05) is 18.3 Å². The van der Waals surface area contributed by atoms with Crippen LogP contribution in [-0.4, -0.2) is 46.0 Å². The van der Waals surface area contributed by atoms with Gasteiger partial charge in [-0.3, -0.25) is 10.1 Å². The molecule has 4 heterocycles. The van der Waals surface area contributed by atoms with E-state index in [2.05, 4.69) is 39.1 Å². The molecule has 2 fully saturated rings. The van der Waals surface area contributed by atoms with E-state index in [0.29, 0.717) is 13.2 Å². The van der Waals surface area contributed by atoms with Crippen LogP contribution < -0.4 is 4.90 Å². The molecule has 7 nitrogen and oxygen atoms in total. The monoisotopic (exact) mass is 416 g/mol. The van der Waals surface area contributed by atoms with Crippen molar-refractivity contribution in [1.82, 2.24) is 20.2 Å². The number of nitriles is 1. The molecule has 0 amide bonds. The van der Waals surface area contributed by atoms with E-state index in [1.54, 1.807) is 6.20 Å². The van der Waals surface area contributed by atoms with Gasteiger partial charge < -0.3 is 9.64 Å². The Balaban J connectivity index is 1.77. The van der Waals surface area contributed by atoms with Crippen LogP contribution in [0, 0.1) is 11.3 Å². The number of aromatic amines is 1. The summed E-state index contributed by atoms with van der Waals surface area (Å²) >= 11 is 0. The van der Waals surface area contributed by atoms with Gasteiger partial charge >= 0.3 is 0 Å². The average Bonchev–Trinajstić information content (AvgIpc) is 3.23. The number of morpholine rings is 1. The highest BCUT2D eigenvalue weighted by Gasteiger charge is 2.36. The van der Waals surface area contributed by atoms with E-state index in [1.165, 1.54) is 12.8 Å². The first-order valence-electron chi connectivity index (χ1n) is 11.3. The van der Waals surface area contributed by atoms with Crippen LogP contribution in [0.3, 0.4) is 0 Å². The van der Waals surface area contributed by atoms with Crippen LogP contribution in [0.2, 0.25) is 0 Å². The Morgan fingerprint density at radius 1 is 1.19 bits per heavy atom. The fourth-order valence-electron chi connectivity index (χ4n) is 5.11.